The molecule has 0 spiro atoms. The summed E-state index contributed by atoms with van der Waals surface area (Å²) in [7, 11) is 1.70. The number of nitrogens with zero attached hydrogens (tertiary/aromatic N) is 3. The summed E-state index contributed by atoms with van der Waals surface area (Å²) in [5, 5.41) is 9.31. The second kappa shape index (κ2) is 18.2. The molecule has 53 heavy (non-hydrogen) atoms. The van der Waals surface area contributed by atoms with E-state index in [1.807, 2.05) is 66.7 Å². The molecule has 0 amide bonds. The molecule has 1 saturated carbocycles. The highest BCUT2D eigenvalue weighted by Crippen LogP contribution is 2.52. The van der Waals surface area contributed by atoms with Crippen LogP contribution in [0.3, 0.4) is 0 Å². The van der Waals surface area contributed by atoms with E-state index in [4.69, 9.17) is 23.3 Å². The number of aromatic nitrogens is 2. The van der Waals surface area contributed by atoms with Gasteiger partial charge in [0.15, 0.2) is 0 Å². The number of nitrogens with one attached hydrogen (secondary N) is 1. The summed E-state index contributed by atoms with van der Waals surface area (Å²) in [6.45, 7) is 10.6. The van der Waals surface area contributed by atoms with Crippen LogP contribution in [0.25, 0.3) is 0 Å². The average molecular weight is 743 g/mol. The lowest BCUT2D eigenvalue weighted by Gasteiger charge is -2.39. The van der Waals surface area contributed by atoms with E-state index in [2.05, 4.69) is 55.6 Å². The monoisotopic (exact) mass is 742 g/mol. The van der Waals surface area contributed by atoms with Crippen molar-refractivity contribution in [3.8, 4) is 17.6 Å². The van der Waals surface area contributed by atoms with Gasteiger partial charge in [-0.1, -0.05) is 54.6 Å². The fourth-order valence-electron chi connectivity index (χ4n) is 7.16. The minimum Gasteiger partial charge on any atom is -0.497 e. The maximum Gasteiger partial charge on any atom is 0.328 e. The number of aromatic amines is 1. The van der Waals surface area contributed by atoms with Crippen LogP contribution in [0, 0.1) is 24.2 Å². The Balaban J connectivity index is 1.60. The van der Waals surface area contributed by atoms with E-state index in [1.54, 1.807) is 31.9 Å². The first-order valence-electron chi connectivity index (χ1n) is 18.1. The van der Waals surface area contributed by atoms with E-state index in [0.717, 1.165) is 28.2 Å². The van der Waals surface area contributed by atoms with Crippen LogP contribution in [0.2, 0.25) is 0 Å². The number of benzene rings is 3. The zero-order valence-corrected chi connectivity index (χ0v) is 32.5. The summed E-state index contributed by atoms with van der Waals surface area (Å²) in [5.41, 5.74) is 1.29. The maximum absolute atomic E-state index is 13.2. The molecule has 4 aromatic rings. The number of nitriles is 1. The number of aryl methyl sites for hydroxylation is 1. The van der Waals surface area contributed by atoms with Crippen molar-refractivity contribution in [2.75, 3.05) is 27.4 Å². The molecule has 0 saturated heterocycles. The zero-order valence-electron chi connectivity index (χ0n) is 31.7. The van der Waals surface area contributed by atoms with Crippen molar-refractivity contribution in [2.45, 2.75) is 83.7 Å². The van der Waals surface area contributed by atoms with E-state index in [1.165, 1.54) is 0 Å². The van der Waals surface area contributed by atoms with Gasteiger partial charge in [0.2, 0.25) is 0 Å². The van der Waals surface area contributed by atoms with Gasteiger partial charge < -0.3 is 23.3 Å². The Morgan fingerprint density at radius 3 is 1.98 bits per heavy atom. The van der Waals surface area contributed by atoms with Crippen molar-refractivity contribution in [2.24, 2.45) is 5.92 Å². The first-order valence-corrected chi connectivity index (χ1v) is 19.2. The molecule has 11 nitrogen and oxygen atoms in total. The molecular weight excluding hydrogens is 691 g/mol. The summed E-state index contributed by atoms with van der Waals surface area (Å²) in [6.07, 6.45) is 2.54. The Morgan fingerprint density at radius 1 is 0.887 bits per heavy atom. The number of rotatable bonds is 17. The van der Waals surface area contributed by atoms with Crippen LogP contribution in [0.1, 0.15) is 75.3 Å². The van der Waals surface area contributed by atoms with Crippen molar-refractivity contribution in [3.05, 3.63) is 128 Å². The molecule has 0 bridgehead atoms. The van der Waals surface area contributed by atoms with Gasteiger partial charge in [-0.15, -0.1) is 0 Å². The highest BCUT2D eigenvalue weighted by atomic mass is 31.2. The van der Waals surface area contributed by atoms with Gasteiger partial charge >= 0.3 is 5.69 Å². The third-order valence-corrected chi connectivity index (χ3v) is 11.9. The van der Waals surface area contributed by atoms with E-state index in [9.17, 15) is 14.9 Å². The van der Waals surface area contributed by atoms with Gasteiger partial charge in [-0.25, -0.2) is 9.46 Å². The summed E-state index contributed by atoms with van der Waals surface area (Å²) in [5.74, 6) is 1.26. The lowest BCUT2D eigenvalue weighted by molar-refractivity contribution is -0.0276. The number of hydrogen-bond donors (Lipinski definition) is 1. The summed E-state index contributed by atoms with van der Waals surface area (Å²) in [4.78, 5) is 28.0. The topological polar surface area (TPSA) is 128 Å². The third-order valence-electron chi connectivity index (χ3n) is 9.72. The Kier molecular flexibility index (Phi) is 13.7. The van der Waals surface area contributed by atoms with Crippen molar-refractivity contribution in [1.82, 2.24) is 14.2 Å². The molecule has 4 atom stereocenters. The van der Waals surface area contributed by atoms with Gasteiger partial charge in [-0.05, 0) is 88.4 Å². The van der Waals surface area contributed by atoms with Crippen molar-refractivity contribution in [3.63, 3.8) is 0 Å². The summed E-state index contributed by atoms with van der Waals surface area (Å²) in [6, 6.07) is 28.0. The number of H-pyrrole nitrogens is 1. The molecule has 1 N–H and O–H groups in total. The van der Waals surface area contributed by atoms with Crippen LogP contribution < -0.4 is 20.7 Å². The van der Waals surface area contributed by atoms with Crippen LogP contribution in [-0.2, 0) is 19.4 Å². The Labute approximate surface area is 313 Å². The molecule has 3 aromatic carbocycles. The fourth-order valence-corrected chi connectivity index (χ4v) is 8.96. The highest BCUT2D eigenvalue weighted by Gasteiger charge is 2.44. The standard InChI is InChI=1S/C41H51N4O7P/c1-28(2)45(29(3)4)53(51-23-11-22-42)52-38-25-35(44-26-30(5)39(46)43-40(44)47)24-31(38)27-50-41(32-12-9-8-10-13-32,33-14-18-36(48-6)19-15-33)34-16-20-37(49-7)21-17-34/h8-10,12-21,26,28-29,31,35,38H,11,23-25,27H2,1-7H3,(H,43,46,47)/t31-,35-,38+,53?/m1/s1. The smallest absolute Gasteiger partial charge is 0.328 e. The first-order chi connectivity index (χ1) is 25.5. The summed E-state index contributed by atoms with van der Waals surface area (Å²) < 4.78 is 35.6. The van der Waals surface area contributed by atoms with Gasteiger partial charge in [0.05, 0.1) is 46.0 Å². The quantitative estimate of drug-likeness (QED) is 0.0665. The van der Waals surface area contributed by atoms with Gasteiger partial charge in [0, 0.05) is 35.8 Å². The van der Waals surface area contributed by atoms with Crippen molar-refractivity contribution < 1.29 is 23.3 Å². The largest absolute Gasteiger partial charge is 0.497 e. The van der Waals surface area contributed by atoms with E-state index >= 15 is 0 Å². The van der Waals surface area contributed by atoms with Gasteiger partial charge in [0.25, 0.3) is 14.1 Å². The molecule has 1 unspecified atom stereocenters. The number of hydrogen-bond acceptors (Lipinski definition) is 9. The predicted octanol–water partition coefficient (Wildman–Crippen LogP) is 7.48. The Bertz CT molecular complexity index is 1870. The predicted molar refractivity (Wildman–Crippen MR) is 206 cm³/mol. The molecule has 1 fully saturated rings. The zero-order chi connectivity index (χ0) is 38.1. The normalized spacial score (nSPS) is 18.0. The molecule has 1 aliphatic carbocycles. The average Bonchev–Trinajstić information content (AvgIpc) is 3.56. The van der Waals surface area contributed by atoms with Gasteiger partial charge in [0.1, 0.15) is 17.1 Å². The minimum absolute atomic E-state index is 0.107. The van der Waals surface area contributed by atoms with Crippen molar-refractivity contribution >= 4 is 8.53 Å². The summed E-state index contributed by atoms with van der Waals surface area (Å²) >= 11 is 0. The molecule has 282 valence electrons. The lowest BCUT2D eigenvalue weighted by atomic mass is 9.80. The number of methoxy groups -OCH3 is 2. The van der Waals surface area contributed by atoms with Crippen LogP contribution in [0.5, 0.6) is 11.5 Å². The first kappa shape index (κ1) is 39.9. The molecule has 1 aliphatic rings. The maximum atomic E-state index is 13.2. The molecule has 0 aliphatic heterocycles. The second-order valence-electron chi connectivity index (χ2n) is 13.9. The second-order valence-corrected chi connectivity index (χ2v) is 15.3. The fraction of sp³-hybridized carbons (Fsp3) is 0.439. The molecule has 0 radical (unpaired) electrons. The highest BCUT2D eigenvalue weighted by molar-refractivity contribution is 7.44. The third kappa shape index (κ3) is 9.09. The van der Waals surface area contributed by atoms with Crippen LogP contribution in [0.15, 0.2) is 94.6 Å². The van der Waals surface area contributed by atoms with E-state index in [0.29, 0.717) is 18.4 Å². The number of ether oxygens (including phenoxy) is 3. The SMILES string of the molecule is COc1ccc(C(OC[C@H]2C[C@@H](n3cc(C)c(=O)[nH]c3=O)C[C@@H]2OP(OCCC#N)N(C(C)C)C(C)C)(c2ccccc2)c2ccc(OC)cc2)cc1. The van der Waals surface area contributed by atoms with Gasteiger partial charge in [-0.2, -0.15) is 5.26 Å². The van der Waals surface area contributed by atoms with Crippen LogP contribution in [0.4, 0.5) is 0 Å². The lowest BCUT2D eigenvalue weighted by Crippen LogP contribution is -2.37. The van der Waals surface area contributed by atoms with Crippen LogP contribution >= 0.6 is 8.53 Å². The van der Waals surface area contributed by atoms with Crippen LogP contribution in [-0.4, -0.2) is 59.8 Å². The Hall–Kier alpha value is -4.30. The molecule has 1 aromatic heterocycles. The molecule has 12 heteroatoms. The molecular formula is C41H51N4O7P. The molecule has 5 rings (SSSR count). The van der Waals surface area contributed by atoms with E-state index in [-0.39, 0.29) is 49.8 Å². The Morgan fingerprint density at radius 2 is 1.45 bits per heavy atom. The molecule has 1 heterocycles. The van der Waals surface area contributed by atoms with Crippen molar-refractivity contribution in [1.29, 1.82) is 5.26 Å². The van der Waals surface area contributed by atoms with E-state index < -0.39 is 25.4 Å². The van der Waals surface area contributed by atoms with Gasteiger partial charge in [-0.3, -0.25) is 14.3 Å². The minimum atomic E-state index is -1.59.